The summed E-state index contributed by atoms with van der Waals surface area (Å²) in [4.78, 5) is 80.9. The van der Waals surface area contributed by atoms with Crippen molar-refractivity contribution in [3.05, 3.63) is 75.2 Å². The molecule has 1 aliphatic carbocycles. The second-order valence-electron chi connectivity index (χ2n) is 19.8. The highest BCUT2D eigenvalue weighted by Gasteiger charge is 2.44. The number of rotatable bonds is 12. The third-order valence-electron chi connectivity index (χ3n) is 15.4. The van der Waals surface area contributed by atoms with Crippen LogP contribution in [-0.4, -0.2) is 125 Å². The molecule has 1 spiro atoms. The molecule has 360 valence electrons. The SMILES string of the molecule is CNC(=O)COc1cc2cc(Nc3nc(N4CCC(OC5CC(N6CCC7(CCN(c8ccc9c(c8)CN(C8CCC(=O)NC8=O)C9=O)CC7)CC6)C5)CC4)ncc3Cl)ccc2n(C(C)C)c1=O. The third-order valence-corrected chi connectivity index (χ3v) is 15.7. The number of likely N-dealkylation sites (tertiary alicyclic amines) is 1. The van der Waals surface area contributed by atoms with Gasteiger partial charge in [-0.25, -0.2) is 4.98 Å². The molecule has 2 aromatic heterocycles. The van der Waals surface area contributed by atoms with Gasteiger partial charge in [-0.2, -0.15) is 4.98 Å². The molecule has 0 bridgehead atoms. The van der Waals surface area contributed by atoms with E-state index in [9.17, 15) is 24.0 Å². The van der Waals surface area contributed by atoms with E-state index in [-0.39, 0.29) is 60.1 Å². The predicted octanol–water partition coefficient (Wildman–Crippen LogP) is 5.55. The number of anilines is 4. The van der Waals surface area contributed by atoms with Crippen molar-refractivity contribution < 1.29 is 28.7 Å². The second kappa shape index (κ2) is 19.0. The van der Waals surface area contributed by atoms with Crippen molar-refractivity contribution in [2.24, 2.45) is 5.41 Å². The van der Waals surface area contributed by atoms with E-state index in [1.54, 1.807) is 21.7 Å². The van der Waals surface area contributed by atoms with Crippen LogP contribution in [0.3, 0.4) is 0 Å². The first-order valence-corrected chi connectivity index (χ1v) is 24.7. The number of nitrogens with zero attached hydrogens (tertiary/aromatic N) is 7. The van der Waals surface area contributed by atoms with E-state index >= 15 is 0 Å². The van der Waals surface area contributed by atoms with Crippen molar-refractivity contribution in [3.8, 4) is 5.75 Å². The van der Waals surface area contributed by atoms with Crippen LogP contribution in [0, 0.1) is 5.41 Å². The van der Waals surface area contributed by atoms with Crippen LogP contribution in [-0.2, 0) is 25.7 Å². The Bertz CT molecular complexity index is 2660. The fourth-order valence-corrected chi connectivity index (χ4v) is 11.4. The summed E-state index contributed by atoms with van der Waals surface area (Å²) in [5.41, 5.74) is 4.32. The van der Waals surface area contributed by atoms with Gasteiger partial charge in [0.1, 0.15) is 11.1 Å². The Kier molecular flexibility index (Phi) is 12.8. The standard InChI is InChI=1S/C50H61ClN10O7/c1-30(2)61-40-7-4-33(22-31(40)24-42(48(61)66)67-29-44(63)52-3)54-45-39(51)27-53-49(56-45)59-16-10-36(11-17-59)68-37-25-35(26-37)58-20-14-50(15-21-58)12-18-57(19-13-50)34-5-6-38-32(23-34)28-60(47(38)65)41-8-9-43(62)55-46(41)64/h4-7,22-24,27,30,35-37,41H,8-21,25-26,28-29H2,1-3H3,(H,52,63)(H,53,54,56)(H,55,62,64). The molecule has 4 saturated heterocycles. The van der Waals surface area contributed by atoms with Crippen molar-refractivity contribution >= 4 is 69.3 Å². The summed E-state index contributed by atoms with van der Waals surface area (Å²) in [7, 11) is 1.52. The van der Waals surface area contributed by atoms with E-state index in [1.165, 1.54) is 32.7 Å². The molecular weight excluding hydrogens is 888 g/mol. The molecule has 0 radical (unpaired) electrons. The van der Waals surface area contributed by atoms with E-state index in [4.69, 9.17) is 26.1 Å². The van der Waals surface area contributed by atoms with E-state index in [0.29, 0.717) is 52.9 Å². The molecule has 18 heteroatoms. The number of nitrogens with one attached hydrogen (secondary N) is 3. The second-order valence-corrected chi connectivity index (χ2v) is 20.2. The summed E-state index contributed by atoms with van der Waals surface area (Å²) < 4.78 is 14.0. The quantitative estimate of drug-likeness (QED) is 0.150. The molecule has 5 fully saturated rings. The van der Waals surface area contributed by atoms with Gasteiger partial charge in [0.05, 0.1) is 23.9 Å². The number of piperidine rings is 4. The van der Waals surface area contributed by atoms with Gasteiger partial charge in [0.2, 0.25) is 17.8 Å². The Morgan fingerprint density at radius 1 is 0.912 bits per heavy atom. The molecule has 7 heterocycles. The number of carbonyl (C=O) groups excluding carboxylic acids is 4. The number of hydrogen-bond acceptors (Lipinski definition) is 13. The fraction of sp³-hybridized carbons (Fsp3) is 0.540. The average Bonchev–Trinajstić information content (AvgIpc) is 3.65. The number of likely N-dealkylation sites (N-methyl/N-ethyl adjacent to an activating group) is 1. The minimum atomic E-state index is -0.597. The average molecular weight is 950 g/mol. The van der Waals surface area contributed by atoms with Gasteiger partial charge in [-0.15, -0.1) is 0 Å². The van der Waals surface area contributed by atoms with Crippen molar-refractivity contribution in [1.29, 1.82) is 0 Å². The maximum Gasteiger partial charge on any atom is 0.293 e. The third kappa shape index (κ3) is 9.24. The van der Waals surface area contributed by atoms with Crippen LogP contribution in [0.15, 0.2) is 53.5 Å². The van der Waals surface area contributed by atoms with Crippen LogP contribution < -0.4 is 36.0 Å². The summed E-state index contributed by atoms with van der Waals surface area (Å²) in [5, 5.41) is 9.40. The molecule has 1 unspecified atom stereocenters. The van der Waals surface area contributed by atoms with Gasteiger partial charge in [0.25, 0.3) is 17.4 Å². The summed E-state index contributed by atoms with van der Waals surface area (Å²) >= 11 is 6.62. The van der Waals surface area contributed by atoms with Crippen molar-refractivity contribution in [2.45, 2.75) is 115 Å². The van der Waals surface area contributed by atoms with E-state index < -0.39 is 6.04 Å². The van der Waals surface area contributed by atoms with Crippen LogP contribution in [0.25, 0.3) is 10.9 Å². The molecule has 2 aromatic carbocycles. The van der Waals surface area contributed by atoms with E-state index in [0.717, 1.165) is 92.8 Å². The topological polar surface area (TPSA) is 184 Å². The van der Waals surface area contributed by atoms with Gasteiger partial charge in [-0.3, -0.25) is 29.3 Å². The lowest BCUT2D eigenvalue weighted by atomic mass is 9.70. The zero-order valence-corrected chi connectivity index (χ0v) is 39.9. The molecule has 6 aliphatic rings. The number of pyridine rings is 1. The molecule has 4 aromatic rings. The molecule has 68 heavy (non-hydrogen) atoms. The Hall–Kier alpha value is -5.78. The zero-order valence-electron chi connectivity index (χ0n) is 39.1. The van der Waals surface area contributed by atoms with Crippen LogP contribution in [0.4, 0.5) is 23.1 Å². The number of ether oxygens (including phenoxy) is 2. The summed E-state index contributed by atoms with van der Waals surface area (Å²) in [6.45, 7) is 9.85. The molecule has 4 amide bonds. The zero-order chi connectivity index (χ0) is 47.3. The van der Waals surface area contributed by atoms with Gasteiger partial charge in [-0.05, 0) is 138 Å². The summed E-state index contributed by atoms with van der Waals surface area (Å²) in [6.07, 6.45) is 11.5. The largest absolute Gasteiger partial charge is 0.478 e. The molecule has 5 aliphatic heterocycles. The van der Waals surface area contributed by atoms with Crippen LogP contribution in [0.2, 0.25) is 5.02 Å². The van der Waals surface area contributed by atoms with Crippen molar-refractivity contribution in [2.75, 3.05) is 68.0 Å². The number of imide groups is 1. The Labute approximate surface area is 400 Å². The number of carbonyl (C=O) groups is 4. The van der Waals surface area contributed by atoms with E-state index in [1.807, 2.05) is 38.1 Å². The van der Waals surface area contributed by atoms with Gasteiger partial charge in [0.15, 0.2) is 18.2 Å². The lowest BCUT2D eigenvalue weighted by Gasteiger charge is -2.51. The smallest absolute Gasteiger partial charge is 0.293 e. The Morgan fingerprint density at radius 3 is 2.38 bits per heavy atom. The lowest BCUT2D eigenvalue weighted by Crippen LogP contribution is -2.54. The number of aromatic nitrogens is 3. The summed E-state index contributed by atoms with van der Waals surface area (Å²) in [5.74, 6) is 0.0812. The van der Waals surface area contributed by atoms with Crippen molar-refractivity contribution in [3.63, 3.8) is 0 Å². The molecule has 17 nitrogen and oxygen atoms in total. The number of hydrogen-bond donors (Lipinski definition) is 3. The number of benzene rings is 2. The van der Waals surface area contributed by atoms with Gasteiger partial charge in [-0.1, -0.05) is 11.6 Å². The minimum absolute atomic E-state index is 0.100. The van der Waals surface area contributed by atoms with Crippen molar-refractivity contribution in [1.82, 2.24) is 35.0 Å². The maximum absolute atomic E-state index is 13.3. The number of halogens is 1. The summed E-state index contributed by atoms with van der Waals surface area (Å²) in [6, 6.07) is 13.3. The van der Waals surface area contributed by atoms with Crippen LogP contribution in [0.5, 0.6) is 5.75 Å². The first kappa shape index (κ1) is 46.0. The monoisotopic (exact) mass is 948 g/mol. The molecule has 3 N–H and O–H groups in total. The molecular formula is C50H61ClN10O7. The first-order chi connectivity index (χ1) is 32.8. The van der Waals surface area contributed by atoms with Crippen LogP contribution >= 0.6 is 11.6 Å². The molecule has 1 saturated carbocycles. The highest BCUT2D eigenvalue weighted by Crippen LogP contribution is 2.45. The van der Waals surface area contributed by atoms with Gasteiger partial charge in [0, 0.05) is 80.6 Å². The van der Waals surface area contributed by atoms with Gasteiger partial charge >= 0.3 is 0 Å². The Morgan fingerprint density at radius 2 is 1.66 bits per heavy atom. The lowest BCUT2D eigenvalue weighted by molar-refractivity contribution is -0.137. The normalized spacial score (nSPS) is 23.2. The van der Waals surface area contributed by atoms with E-state index in [2.05, 4.69) is 47.8 Å². The number of fused-ring (bicyclic) bond motifs is 2. The Balaban J connectivity index is 0.666. The number of amides is 4. The molecule has 10 rings (SSSR count). The highest BCUT2D eigenvalue weighted by molar-refractivity contribution is 6.33. The predicted molar refractivity (Wildman–Crippen MR) is 259 cm³/mol. The minimum Gasteiger partial charge on any atom is -0.478 e. The van der Waals surface area contributed by atoms with Gasteiger partial charge < -0.3 is 44.3 Å². The van der Waals surface area contributed by atoms with Crippen LogP contribution in [0.1, 0.15) is 100 Å². The highest BCUT2D eigenvalue weighted by atomic mass is 35.5. The first-order valence-electron chi connectivity index (χ1n) is 24.3. The molecule has 1 atom stereocenters. The fourth-order valence-electron chi connectivity index (χ4n) is 11.2. The maximum atomic E-state index is 13.3.